The number of rotatable bonds is 6. The largest absolute Gasteiger partial charge is 0.289 e. The first-order valence-corrected chi connectivity index (χ1v) is 9.47. The maximum absolute atomic E-state index is 12.6. The van der Waals surface area contributed by atoms with E-state index < -0.39 is 0 Å². The molecule has 0 saturated carbocycles. The normalized spacial score (nSPS) is 11.7. The minimum Gasteiger partial charge on any atom is -0.289 e. The summed E-state index contributed by atoms with van der Waals surface area (Å²) in [4.78, 5) is 22.6. The molecule has 0 spiro atoms. The standard InChI is InChI=1S/C16H16ClN3OS2/c1-4-8-20(15(21)11(2)10-22-3)16-13(17)19-14(23-16)12-6-5-7-18-9-12/h1,5-7,9,11H,8,10H2,2-3H3/t11-/m1/s1. The quantitative estimate of drug-likeness (QED) is 0.730. The van der Waals surface area contributed by atoms with Gasteiger partial charge in [0.15, 0.2) is 5.15 Å². The van der Waals surface area contributed by atoms with Crippen LogP contribution in [0.1, 0.15) is 6.92 Å². The van der Waals surface area contributed by atoms with Crippen LogP contribution >= 0.6 is 34.7 Å². The third-order valence-electron chi connectivity index (χ3n) is 3.08. The van der Waals surface area contributed by atoms with Gasteiger partial charge >= 0.3 is 0 Å². The van der Waals surface area contributed by atoms with Crippen LogP contribution in [-0.4, -0.2) is 34.4 Å². The Morgan fingerprint density at radius 3 is 3.00 bits per heavy atom. The van der Waals surface area contributed by atoms with Gasteiger partial charge in [0.2, 0.25) is 5.91 Å². The number of halogens is 1. The number of nitrogens with zero attached hydrogens (tertiary/aromatic N) is 3. The van der Waals surface area contributed by atoms with Crippen LogP contribution < -0.4 is 4.90 Å². The van der Waals surface area contributed by atoms with Crippen LogP contribution in [0.4, 0.5) is 5.00 Å². The fraction of sp³-hybridized carbons (Fsp3) is 0.312. The second-order valence-electron chi connectivity index (χ2n) is 4.84. The highest BCUT2D eigenvalue weighted by Gasteiger charge is 2.25. The zero-order valence-corrected chi connectivity index (χ0v) is 15.2. The molecule has 2 heterocycles. The summed E-state index contributed by atoms with van der Waals surface area (Å²) in [5, 5.41) is 1.58. The number of carbonyl (C=O) groups is 1. The molecule has 0 saturated heterocycles. The molecular formula is C16H16ClN3OS2. The van der Waals surface area contributed by atoms with Gasteiger partial charge in [0.1, 0.15) is 10.0 Å². The molecule has 0 fully saturated rings. The van der Waals surface area contributed by atoms with Crippen molar-refractivity contribution in [2.45, 2.75) is 6.92 Å². The molecule has 0 aliphatic carbocycles. The number of amides is 1. The van der Waals surface area contributed by atoms with Crippen molar-refractivity contribution in [2.75, 3.05) is 23.5 Å². The molecule has 2 aromatic heterocycles. The van der Waals surface area contributed by atoms with E-state index >= 15 is 0 Å². The predicted molar refractivity (Wildman–Crippen MR) is 99.1 cm³/mol. The number of thioether (sulfide) groups is 1. The maximum Gasteiger partial charge on any atom is 0.232 e. The molecule has 0 bridgehead atoms. The summed E-state index contributed by atoms with van der Waals surface area (Å²) in [6.45, 7) is 2.06. The van der Waals surface area contributed by atoms with Crippen molar-refractivity contribution in [3.05, 3.63) is 29.7 Å². The first-order valence-electron chi connectivity index (χ1n) is 6.89. The molecule has 7 heteroatoms. The van der Waals surface area contributed by atoms with Gasteiger partial charge in [-0.25, -0.2) is 4.98 Å². The fourth-order valence-corrected chi connectivity index (χ4v) is 3.95. The monoisotopic (exact) mass is 365 g/mol. The summed E-state index contributed by atoms with van der Waals surface area (Å²) in [6.07, 6.45) is 10.8. The van der Waals surface area contributed by atoms with Gasteiger partial charge in [-0.05, 0) is 18.4 Å². The zero-order valence-electron chi connectivity index (χ0n) is 12.8. The average Bonchev–Trinajstić information content (AvgIpc) is 2.94. The number of carbonyl (C=O) groups excluding carboxylic acids is 1. The van der Waals surface area contributed by atoms with Gasteiger partial charge in [-0.3, -0.25) is 14.7 Å². The number of aromatic nitrogens is 2. The molecule has 0 radical (unpaired) electrons. The Labute approximate surface area is 149 Å². The van der Waals surface area contributed by atoms with E-state index in [2.05, 4.69) is 15.9 Å². The molecule has 2 aromatic rings. The molecule has 0 aliphatic heterocycles. The lowest BCUT2D eigenvalue weighted by Gasteiger charge is -2.22. The zero-order chi connectivity index (χ0) is 16.8. The molecule has 0 unspecified atom stereocenters. The van der Waals surface area contributed by atoms with Crippen LogP contribution in [0.2, 0.25) is 5.15 Å². The van der Waals surface area contributed by atoms with Gasteiger partial charge in [0.25, 0.3) is 0 Å². The van der Waals surface area contributed by atoms with E-state index in [0.717, 1.165) is 11.3 Å². The lowest BCUT2D eigenvalue weighted by molar-refractivity contribution is -0.121. The summed E-state index contributed by atoms with van der Waals surface area (Å²) in [5.74, 6) is 3.07. The third kappa shape index (κ3) is 4.25. The van der Waals surface area contributed by atoms with E-state index in [0.29, 0.717) is 10.0 Å². The molecule has 1 amide bonds. The first-order chi connectivity index (χ1) is 11.1. The number of anilines is 1. The van der Waals surface area contributed by atoms with Crippen LogP contribution in [0.5, 0.6) is 0 Å². The van der Waals surface area contributed by atoms with Crippen LogP contribution in [0.25, 0.3) is 10.6 Å². The van der Waals surface area contributed by atoms with E-state index in [1.807, 2.05) is 25.3 Å². The number of hydrogen-bond donors (Lipinski definition) is 0. The van der Waals surface area contributed by atoms with Crippen LogP contribution in [0.15, 0.2) is 24.5 Å². The highest BCUT2D eigenvalue weighted by Crippen LogP contribution is 2.38. The van der Waals surface area contributed by atoms with Crippen LogP contribution in [0, 0.1) is 18.3 Å². The van der Waals surface area contributed by atoms with Crippen molar-refractivity contribution < 1.29 is 4.79 Å². The Balaban J connectivity index is 2.35. The van der Waals surface area contributed by atoms with E-state index in [1.54, 1.807) is 29.1 Å². The van der Waals surface area contributed by atoms with Gasteiger partial charge in [-0.2, -0.15) is 11.8 Å². The fourth-order valence-electron chi connectivity index (χ4n) is 2.00. The van der Waals surface area contributed by atoms with Crippen molar-refractivity contribution >= 4 is 45.6 Å². The topological polar surface area (TPSA) is 46.1 Å². The van der Waals surface area contributed by atoms with E-state index in [1.165, 1.54) is 11.3 Å². The summed E-state index contributed by atoms with van der Waals surface area (Å²) >= 11 is 9.23. The van der Waals surface area contributed by atoms with Crippen LogP contribution in [-0.2, 0) is 4.79 Å². The van der Waals surface area contributed by atoms with Crippen molar-refractivity contribution in [1.29, 1.82) is 0 Å². The molecule has 2 rings (SSSR count). The highest BCUT2D eigenvalue weighted by atomic mass is 35.5. The Kier molecular flexibility index (Phi) is 6.46. The lowest BCUT2D eigenvalue weighted by atomic mass is 10.2. The molecule has 0 N–H and O–H groups in total. The summed E-state index contributed by atoms with van der Waals surface area (Å²) < 4.78 is 0. The SMILES string of the molecule is C#CCN(C(=O)[C@H](C)CSC)c1sc(-c2cccnc2)nc1Cl. The predicted octanol–water partition coefficient (Wildman–Crippen LogP) is 3.82. The molecule has 1 atom stereocenters. The maximum atomic E-state index is 12.6. The molecule has 0 aromatic carbocycles. The molecule has 120 valence electrons. The summed E-state index contributed by atoms with van der Waals surface area (Å²) in [6, 6.07) is 3.73. The van der Waals surface area contributed by atoms with Crippen LogP contribution in [0.3, 0.4) is 0 Å². The smallest absolute Gasteiger partial charge is 0.232 e. The number of terminal acetylenes is 1. The van der Waals surface area contributed by atoms with Gasteiger partial charge in [-0.15, -0.1) is 6.42 Å². The minimum atomic E-state index is -0.140. The molecule has 0 aliphatic rings. The van der Waals surface area contributed by atoms with Crippen molar-refractivity contribution in [3.8, 4) is 22.9 Å². The van der Waals surface area contributed by atoms with Gasteiger partial charge in [0, 0.05) is 29.6 Å². The Morgan fingerprint density at radius 1 is 1.61 bits per heavy atom. The Hall–Kier alpha value is -1.55. The molecule has 23 heavy (non-hydrogen) atoms. The van der Waals surface area contributed by atoms with Gasteiger partial charge < -0.3 is 0 Å². The number of hydrogen-bond acceptors (Lipinski definition) is 5. The second kappa shape index (κ2) is 8.34. The summed E-state index contributed by atoms with van der Waals surface area (Å²) in [7, 11) is 0. The van der Waals surface area contributed by atoms with Gasteiger partial charge in [0.05, 0.1) is 6.54 Å². The van der Waals surface area contributed by atoms with E-state index in [-0.39, 0.29) is 23.5 Å². The van der Waals surface area contributed by atoms with Crippen molar-refractivity contribution in [2.24, 2.45) is 5.92 Å². The summed E-state index contributed by atoms with van der Waals surface area (Å²) in [5.41, 5.74) is 0.857. The van der Waals surface area contributed by atoms with E-state index in [4.69, 9.17) is 18.0 Å². The highest BCUT2D eigenvalue weighted by molar-refractivity contribution is 7.98. The Morgan fingerprint density at radius 2 is 2.39 bits per heavy atom. The van der Waals surface area contributed by atoms with Crippen molar-refractivity contribution in [3.63, 3.8) is 0 Å². The number of thiazole rings is 1. The Bertz CT molecular complexity index is 712. The molecular weight excluding hydrogens is 350 g/mol. The lowest BCUT2D eigenvalue weighted by Crippen LogP contribution is -2.36. The third-order valence-corrected chi connectivity index (χ3v) is 5.41. The van der Waals surface area contributed by atoms with Gasteiger partial charge in [-0.1, -0.05) is 35.8 Å². The average molecular weight is 366 g/mol. The molecule has 4 nitrogen and oxygen atoms in total. The first kappa shape index (κ1) is 17.8. The van der Waals surface area contributed by atoms with Crippen molar-refractivity contribution in [1.82, 2.24) is 9.97 Å². The number of pyridine rings is 1. The van der Waals surface area contributed by atoms with E-state index in [9.17, 15) is 4.79 Å². The minimum absolute atomic E-state index is 0.0411. The second-order valence-corrected chi connectivity index (χ2v) is 7.09.